The van der Waals surface area contributed by atoms with Crippen molar-refractivity contribution >= 4 is 23.5 Å². The second-order valence-electron chi connectivity index (χ2n) is 6.17. The zero-order valence-corrected chi connectivity index (χ0v) is 15.1. The average molecular weight is 387 g/mol. The van der Waals surface area contributed by atoms with E-state index in [4.69, 9.17) is 16.1 Å². The molecule has 4 rings (SSSR count). The summed E-state index contributed by atoms with van der Waals surface area (Å²) in [5.41, 5.74) is 0.877. The first-order valence-electron chi connectivity index (χ1n) is 8.50. The number of benzene rings is 2. The molecule has 0 aliphatic carbocycles. The van der Waals surface area contributed by atoms with Crippen LogP contribution in [0, 0.1) is 5.82 Å². The molecule has 0 bridgehead atoms. The van der Waals surface area contributed by atoms with Gasteiger partial charge in [0, 0.05) is 36.8 Å². The predicted molar refractivity (Wildman–Crippen MR) is 99.3 cm³/mol. The Balaban J connectivity index is 1.42. The molecule has 0 unspecified atom stereocenters. The predicted octanol–water partition coefficient (Wildman–Crippen LogP) is 3.49. The quantitative estimate of drug-likeness (QED) is 0.689. The first-order chi connectivity index (χ1) is 13.1. The number of hydrogen-bond donors (Lipinski definition) is 0. The van der Waals surface area contributed by atoms with Gasteiger partial charge in [0.15, 0.2) is 0 Å². The summed E-state index contributed by atoms with van der Waals surface area (Å²) in [6.45, 7) is 1.95. The van der Waals surface area contributed by atoms with Crippen LogP contribution in [0.1, 0.15) is 10.4 Å². The van der Waals surface area contributed by atoms with Crippen molar-refractivity contribution < 1.29 is 13.7 Å². The smallest absolute Gasteiger partial charge is 0.266 e. The highest BCUT2D eigenvalue weighted by molar-refractivity contribution is 6.30. The number of anilines is 1. The van der Waals surface area contributed by atoms with Crippen molar-refractivity contribution in [2.24, 2.45) is 0 Å². The monoisotopic (exact) mass is 386 g/mol. The normalized spacial score (nSPS) is 14.4. The molecule has 0 atom stereocenters. The van der Waals surface area contributed by atoms with Crippen molar-refractivity contribution in [2.75, 3.05) is 31.1 Å². The second-order valence-corrected chi connectivity index (χ2v) is 6.61. The van der Waals surface area contributed by atoms with Gasteiger partial charge in [-0.25, -0.2) is 4.39 Å². The standard InChI is InChI=1S/C19H16ClFN4O2/c20-14-6-7-15(16(21)12-14)18(26)24-8-10-25(11-9-24)19-22-17(27-23-19)13-4-2-1-3-5-13/h1-7,12H,8-11H2. The molecule has 0 saturated carbocycles. The van der Waals surface area contributed by atoms with Crippen LogP contribution >= 0.6 is 11.6 Å². The van der Waals surface area contributed by atoms with E-state index in [0.717, 1.165) is 11.6 Å². The molecule has 6 nitrogen and oxygen atoms in total. The number of hydrogen-bond acceptors (Lipinski definition) is 5. The van der Waals surface area contributed by atoms with Crippen LogP contribution in [0.5, 0.6) is 0 Å². The summed E-state index contributed by atoms with van der Waals surface area (Å²) in [5.74, 6) is -0.0199. The molecule has 0 spiro atoms. The number of amides is 1. The van der Waals surface area contributed by atoms with Gasteiger partial charge in [-0.2, -0.15) is 4.98 Å². The maximum Gasteiger partial charge on any atom is 0.266 e. The Kier molecular flexibility index (Phi) is 4.77. The zero-order valence-electron chi connectivity index (χ0n) is 14.3. The third kappa shape index (κ3) is 3.64. The average Bonchev–Trinajstić information content (AvgIpc) is 3.19. The molecule has 2 aromatic carbocycles. The first kappa shape index (κ1) is 17.5. The number of rotatable bonds is 3. The summed E-state index contributed by atoms with van der Waals surface area (Å²) in [5, 5.41) is 4.29. The summed E-state index contributed by atoms with van der Waals surface area (Å²) in [4.78, 5) is 20.5. The summed E-state index contributed by atoms with van der Waals surface area (Å²) in [6.07, 6.45) is 0. The second kappa shape index (κ2) is 7.36. The minimum atomic E-state index is -0.611. The van der Waals surface area contributed by atoms with Gasteiger partial charge in [0.1, 0.15) is 5.82 Å². The van der Waals surface area contributed by atoms with E-state index in [1.807, 2.05) is 35.2 Å². The number of halogens is 2. The van der Waals surface area contributed by atoms with Gasteiger partial charge in [-0.05, 0) is 35.5 Å². The Morgan fingerprint density at radius 2 is 1.81 bits per heavy atom. The van der Waals surface area contributed by atoms with Gasteiger partial charge in [0.2, 0.25) is 0 Å². The van der Waals surface area contributed by atoms with Crippen LogP contribution in [0.4, 0.5) is 10.3 Å². The van der Waals surface area contributed by atoms with E-state index in [1.165, 1.54) is 12.1 Å². The van der Waals surface area contributed by atoms with Crippen molar-refractivity contribution in [1.29, 1.82) is 0 Å². The number of piperazine rings is 1. The van der Waals surface area contributed by atoms with Gasteiger partial charge in [-0.1, -0.05) is 29.8 Å². The highest BCUT2D eigenvalue weighted by Crippen LogP contribution is 2.22. The molecule has 8 heteroatoms. The molecular weight excluding hydrogens is 371 g/mol. The highest BCUT2D eigenvalue weighted by Gasteiger charge is 2.26. The lowest BCUT2D eigenvalue weighted by atomic mass is 10.1. The van der Waals surface area contributed by atoms with Gasteiger partial charge in [-0.15, -0.1) is 0 Å². The first-order valence-corrected chi connectivity index (χ1v) is 8.88. The summed E-state index contributed by atoms with van der Waals surface area (Å²) < 4.78 is 19.3. The summed E-state index contributed by atoms with van der Waals surface area (Å²) in [6, 6.07) is 13.6. The van der Waals surface area contributed by atoms with Crippen LogP contribution in [0.25, 0.3) is 11.5 Å². The van der Waals surface area contributed by atoms with Crippen molar-refractivity contribution in [1.82, 2.24) is 15.0 Å². The van der Waals surface area contributed by atoms with Gasteiger partial charge >= 0.3 is 0 Å². The number of carbonyl (C=O) groups is 1. The summed E-state index contributed by atoms with van der Waals surface area (Å²) >= 11 is 5.75. The number of nitrogens with zero attached hydrogens (tertiary/aromatic N) is 4. The molecule has 2 heterocycles. The third-order valence-corrected chi connectivity index (χ3v) is 4.68. The third-order valence-electron chi connectivity index (χ3n) is 4.45. The van der Waals surface area contributed by atoms with Crippen LogP contribution in [-0.4, -0.2) is 47.1 Å². The minimum Gasteiger partial charge on any atom is -0.335 e. The fourth-order valence-corrected chi connectivity index (χ4v) is 3.14. The van der Waals surface area contributed by atoms with Gasteiger partial charge in [0.05, 0.1) is 5.56 Å². The maximum atomic E-state index is 14.0. The largest absolute Gasteiger partial charge is 0.335 e. The Bertz CT molecular complexity index is 955. The van der Waals surface area contributed by atoms with Crippen molar-refractivity contribution in [3.63, 3.8) is 0 Å². The van der Waals surface area contributed by atoms with E-state index in [9.17, 15) is 9.18 Å². The fourth-order valence-electron chi connectivity index (χ4n) is 2.98. The van der Waals surface area contributed by atoms with Crippen LogP contribution in [-0.2, 0) is 0 Å². The van der Waals surface area contributed by atoms with Gasteiger partial charge in [0.25, 0.3) is 17.7 Å². The number of carbonyl (C=O) groups excluding carboxylic acids is 1. The van der Waals surface area contributed by atoms with Gasteiger partial charge < -0.3 is 14.3 Å². The van der Waals surface area contributed by atoms with E-state index >= 15 is 0 Å². The van der Waals surface area contributed by atoms with Crippen molar-refractivity contribution in [2.45, 2.75) is 0 Å². The lowest BCUT2D eigenvalue weighted by molar-refractivity contribution is 0.0741. The van der Waals surface area contributed by atoms with E-state index in [2.05, 4.69) is 10.1 Å². The highest BCUT2D eigenvalue weighted by atomic mass is 35.5. The molecule has 1 aliphatic heterocycles. The Hall–Kier alpha value is -2.93. The molecule has 3 aromatic rings. The maximum absolute atomic E-state index is 14.0. The Labute approximate surface area is 160 Å². The molecule has 1 saturated heterocycles. The molecule has 138 valence electrons. The van der Waals surface area contributed by atoms with Crippen LogP contribution in [0.2, 0.25) is 5.02 Å². The van der Waals surface area contributed by atoms with Crippen LogP contribution in [0.3, 0.4) is 0 Å². The van der Waals surface area contributed by atoms with Crippen molar-refractivity contribution in [3.05, 3.63) is 64.9 Å². The molecule has 0 N–H and O–H groups in total. The molecule has 27 heavy (non-hydrogen) atoms. The SMILES string of the molecule is O=C(c1ccc(Cl)cc1F)N1CCN(c2noc(-c3ccccc3)n2)CC1. The molecule has 1 amide bonds. The fraction of sp³-hybridized carbons (Fsp3) is 0.211. The summed E-state index contributed by atoms with van der Waals surface area (Å²) in [7, 11) is 0. The molecule has 0 radical (unpaired) electrons. The Morgan fingerprint density at radius 1 is 1.07 bits per heavy atom. The lowest BCUT2D eigenvalue weighted by Gasteiger charge is -2.34. The van der Waals surface area contributed by atoms with Crippen LogP contribution in [0.15, 0.2) is 53.1 Å². The van der Waals surface area contributed by atoms with Crippen LogP contribution < -0.4 is 4.90 Å². The topological polar surface area (TPSA) is 62.5 Å². The van der Waals surface area contributed by atoms with E-state index < -0.39 is 5.82 Å². The zero-order chi connectivity index (χ0) is 18.8. The van der Waals surface area contributed by atoms with E-state index in [0.29, 0.717) is 38.0 Å². The van der Waals surface area contributed by atoms with Gasteiger partial charge in [-0.3, -0.25) is 4.79 Å². The molecule has 1 aromatic heterocycles. The van der Waals surface area contributed by atoms with E-state index in [1.54, 1.807) is 4.90 Å². The van der Waals surface area contributed by atoms with E-state index in [-0.39, 0.29) is 16.5 Å². The molecule has 1 fully saturated rings. The molecule has 1 aliphatic rings. The lowest BCUT2D eigenvalue weighted by Crippen LogP contribution is -2.49. The Morgan fingerprint density at radius 3 is 2.52 bits per heavy atom. The minimum absolute atomic E-state index is 0.0266. The number of aromatic nitrogens is 2. The molecular formula is C19H16ClFN4O2. The van der Waals surface area contributed by atoms with Crippen molar-refractivity contribution in [3.8, 4) is 11.5 Å².